The molecular weight excluding hydrogens is 285 g/mol. The maximum absolute atomic E-state index is 6.03. The highest BCUT2D eigenvalue weighted by Gasteiger charge is 2.30. The summed E-state index contributed by atoms with van der Waals surface area (Å²) in [5.74, 6) is 0. The predicted molar refractivity (Wildman–Crippen MR) is 80.1 cm³/mol. The van der Waals surface area contributed by atoms with Gasteiger partial charge in [-0.15, -0.1) is 35.0 Å². The summed E-state index contributed by atoms with van der Waals surface area (Å²) in [6.07, 6.45) is 0.917. The van der Waals surface area contributed by atoms with E-state index in [9.17, 15) is 0 Å². The first kappa shape index (κ1) is 12.6. The molecule has 0 bridgehead atoms. The van der Waals surface area contributed by atoms with Crippen molar-refractivity contribution in [3.05, 3.63) is 35.0 Å². The Bertz CT molecular complexity index is 625. The molecule has 0 saturated carbocycles. The van der Waals surface area contributed by atoms with Gasteiger partial charge in [0.25, 0.3) is 0 Å². The van der Waals surface area contributed by atoms with E-state index in [1.54, 1.807) is 11.8 Å². The third-order valence-electron chi connectivity index (χ3n) is 3.43. The third kappa shape index (κ3) is 1.91. The highest BCUT2D eigenvalue weighted by molar-refractivity contribution is 8.00. The van der Waals surface area contributed by atoms with E-state index in [1.807, 2.05) is 0 Å². The van der Waals surface area contributed by atoms with E-state index in [0.29, 0.717) is 0 Å². The van der Waals surface area contributed by atoms with Crippen LogP contribution in [0.2, 0.25) is 0 Å². The molecule has 1 aliphatic rings. The summed E-state index contributed by atoms with van der Waals surface area (Å²) >= 11 is 13.9. The maximum atomic E-state index is 6.03. The van der Waals surface area contributed by atoms with Gasteiger partial charge in [0, 0.05) is 21.2 Å². The number of hydrogen-bond acceptors (Lipinski definition) is 2. The molecule has 0 aliphatic carbocycles. The number of benzene rings is 1. The molecule has 18 heavy (non-hydrogen) atoms. The van der Waals surface area contributed by atoms with Crippen molar-refractivity contribution in [3.8, 4) is 0 Å². The van der Waals surface area contributed by atoms with E-state index in [0.717, 1.165) is 17.6 Å². The van der Waals surface area contributed by atoms with Crippen LogP contribution < -0.4 is 0 Å². The minimum Gasteiger partial charge on any atom is -0.252 e. The summed E-state index contributed by atoms with van der Waals surface area (Å²) in [5, 5.41) is 1.48. The van der Waals surface area contributed by atoms with Crippen LogP contribution in [0, 0.1) is 13.8 Å². The van der Waals surface area contributed by atoms with Crippen molar-refractivity contribution in [2.24, 2.45) is 0 Å². The second kappa shape index (κ2) is 4.59. The fourth-order valence-electron chi connectivity index (χ4n) is 2.46. The van der Waals surface area contributed by atoms with Crippen LogP contribution >= 0.6 is 35.0 Å². The standard InChI is InChI=1S/C14H13Cl2NS/c1-7-4-3-5-9-12(7)17-8(2)10-6-11(14(15)16)18-13(9)10/h3-5,11,14H,6H2,1-2H3. The highest BCUT2D eigenvalue weighted by Crippen LogP contribution is 2.45. The van der Waals surface area contributed by atoms with Crippen molar-refractivity contribution < 1.29 is 0 Å². The SMILES string of the molecule is Cc1nc2c(C)cccc2c2c1CC(C(Cl)Cl)S2. The maximum Gasteiger partial charge on any atom is 0.120 e. The molecule has 3 rings (SSSR count). The number of alkyl halides is 2. The summed E-state index contributed by atoms with van der Waals surface area (Å²) < 4.78 is 0. The van der Waals surface area contributed by atoms with Crippen molar-refractivity contribution >= 4 is 45.9 Å². The van der Waals surface area contributed by atoms with Crippen molar-refractivity contribution in [2.75, 3.05) is 0 Å². The Balaban J connectivity index is 2.24. The van der Waals surface area contributed by atoms with Gasteiger partial charge in [0.15, 0.2) is 0 Å². The van der Waals surface area contributed by atoms with Crippen LogP contribution in [0.15, 0.2) is 23.1 Å². The number of para-hydroxylation sites is 1. The van der Waals surface area contributed by atoms with Gasteiger partial charge in [0.1, 0.15) is 4.84 Å². The summed E-state index contributed by atoms with van der Waals surface area (Å²) in [4.78, 5) is 5.73. The number of nitrogens with zero attached hydrogens (tertiary/aromatic N) is 1. The van der Waals surface area contributed by atoms with Gasteiger partial charge in [0.2, 0.25) is 0 Å². The molecule has 0 N–H and O–H groups in total. The minimum absolute atomic E-state index is 0.245. The Labute approximate surface area is 121 Å². The molecule has 0 fully saturated rings. The van der Waals surface area contributed by atoms with E-state index >= 15 is 0 Å². The van der Waals surface area contributed by atoms with Crippen molar-refractivity contribution in [3.63, 3.8) is 0 Å². The van der Waals surface area contributed by atoms with Gasteiger partial charge in [-0.1, -0.05) is 18.2 Å². The van der Waals surface area contributed by atoms with Crippen LogP contribution in [0.4, 0.5) is 0 Å². The van der Waals surface area contributed by atoms with Gasteiger partial charge >= 0.3 is 0 Å². The molecule has 1 aromatic heterocycles. The molecule has 0 saturated heterocycles. The second-order valence-corrected chi connectivity index (χ2v) is 7.08. The molecule has 2 aromatic rings. The summed E-state index contributed by atoms with van der Waals surface area (Å²) in [6, 6.07) is 6.33. The zero-order valence-corrected chi connectivity index (χ0v) is 12.5. The molecule has 1 aliphatic heterocycles. The molecule has 0 radical (unpaired) electrons. The molecule has 2 heterocycles. The van der Waals surface area contributed by atoms with Crippen molar-refractivity contribution in [1.29, 1.82) is 0 Å². The van der Waals surface area contributed by atoms with Crippen LogP contribution in [0.3, 0.4) is 0 Å². The molecule has 1 nitrogen and oxygen atoms in total. The molecule has 1 unspecified atom stereocenters. The van der Waals surface area contributed by atoms with Gasteiger partial charge in [-0.05, 0) is 31.4 Å². The lowest BCUT2D eigenvalue weighted by molar-refractivity contribution is 0.912. The van der Waals surface area contributed by atoms with Gasteiger partial charge in [-0.2, -0.15) is 0 Å². The lowest BCUT2D eigenvalue weighted by atomic mass is 10.0. The Kier molecular flexibility index (Phi) is 3.21. The Morgan fingerprint density at radius 2 is 2.11 bits per heavy atom. The number of pyridine rings is 1. The van der Waals surface area contributed by atoms with E-state index < -0.39 is 0 Å². The monoisotopic (exact) mass is 297 g/mol. The quantitative estimate of drug-likeness (QED) is 0.709. The Hall–Kier alpha value is -0.440. The molecule has 94 valence electrons. The number of rotatable bonds is 1. The van der Waals surface area contributed by atoms with Crippen LogP contribution in [0.25, 0.3) is 10.9 Å². The first-order valence-corrected chi connectivity index (χ1v) is 7.67. The predicted octanol–water partition coefficient (Wildman–Crippen LogP) is 4.67. The van der Waals surface area contributed by atoms with E-state index in [2.05, 4.69) is 32.0 Å². The van der Waals surface area contributed by atoms with Crippen LogP contribution in [-0.4, -0.2) is 15.1 Å². The van der Waals surface area contributed by atoms with Gasteiger partial charge in [-0.3, -0.25) is 4.98 Å². The largest absolute Gasteiger partial charge is 0.252 e. The van der Waals surface area contributed by atoms with Gasteiger partial charge in [-0.25, -0.2) is 0 Å². The van der Waals surface area contributed by atoms with Crippen LogP contribution in [0.1, 0.15) is 16.8 Å². The fourth-order valence-corrected chi connectivity index (χ4v) is 4.27. The van der Waals surface area contributed by atoms with E-state index in [-0.39, 0.29) is 10.1 Å². The molecule has 0 amide bonds. The number of fused-ring (bicyclic) bond motifs is 3. The highest BCUT2D eigenvalue weighted by atomic mass is 35.5. The topological polar surface area (TPSA) is 12.9 Å². The van der Waals surface area contributed by atoms with Crippen LogP contribution in [-0.2, 0) is 6.42 Å². The zero-order chi connectivity index (χ0) is 12.9. The smallest absolute Gasteiger partial charge is 0.120 e. The first-order valence-electron chi connectivity index (χ1n) is 5.91. The molecular formula is C14H13Cl2NS. The van der Waals surface area contributed by atoms with Gasteiger partial charge in [0.05, 0.1) is 5.52 Å². The average Bonchev–Trinajstić information content (AvgIpc) is 2.77. The number of aryl methyl sites for hydroxylation is 2. The number of hydrogen-bond donors (Lipinski definition) is 0. The number of halogens is 2. The number of thioether (sulfide) groups is 1. The van der Waals surface area contributed by atoms with E-state index in [4.69, 9.17) is 28.2 Å². The second-order valence-electron chi connectivity index (χ2n) is 4.67. The molecule has 4 heteroatoms. The first-order chi connectivity index (χ1) is 8.58. The van der Waals surface area contributed by atoms with Crippen LogP contribution in [0.5, 0.6) is 0 Å². The Morgan fingerprint density at radius 3 is 2.83 bits per heavy atom. The normalized spacial score (nSPS) is 18.6. The van der Waals surface area contributed by atoms with Crippen molar-refractivity contribution in [2.45, 2.75) is 35.2 Å². The van der Waals surface area contributed by atoms with Gasteiger partial charge < -0.3 is 0 Å². The lowest BCUT2D eigenvalue weighted by Crippen LogP contribution is -2.10. The molecule has 0 spiro atoms. The summed E-state index contributed by atoms with van der Waals surface area (Å²) in [7, 11) is 0. The lowest BCUT2D eigenvalue weighted by Gasteiger charge is -2.09. The average molecular weight is 298 g/mol. The molecule has 1 atom stereocenters. The summed E-state index contributed by atoms with van der Waals surface area (Å²) in [6.45, 7) is 4.18. The number of aromatic nitrogens is 1. The fraction of sp³-hybridized carbons (Fsp3) is 0.357. The summed E-state index contributed by atoms with van der Waals surface area (Å²) in [5.41, 5.74) is 4.74. The minimum atomic E-state index is -0.332. The van der Waals surface area contributed by atoms with Crippen molar-refractivity contribution in [1.82, 2.24) is 4.98 Å². The van der Waals surface area contributed by atoms with E-state index in [1.165, 1.54) is 21.4 Å². The zero-order valence-electron chi connectivity index (χ0n) is 10.2. The Morgan fingerprint density at radius 1 is 1.33 bits per heavy atom. The third-order valence-corrected chi connectivity index (χ3v) is 5.78. The molecule has 1 aromatic carbocycles.